The summed E-state index contributed by atoms with van der Waals surface area (Å²) in [5.74, 6) is -0.647. The molecule has 12 heavy (non-hydrogen) atoms. The van der Waals surface area contributed by atoms with Crippen molar-refractivity contribution in [2.24, 2.45) is 17.4 Å². The van der Waals surface area contributed by atoms with Crippen LogP contribution in [0.25, 0.3) is 0 Å². The number of primary amides is 1. The number of hydrogen-bond acceptors (Lipinski definition) is 3. The first-order valence-corrected chi connectivity index (χ1v) is 4.06. The molecule has 70 valence electrons. The Balaban J connectivity index is 3.92. The van der Waals surface area contributed by atoms with Gasteiger partial charge in [-0.15, -0.1) is 0 Å². The Bertz CT molecular complexity index is 180. The van der Waals surface area contributed by atoms with E-state index in [9.17, 15) is 9.59 Å². The molecule has 2 unspecified atom stereocenters. The molecule has 4 nitrogen and oxygen atoms in total. The predicted molar refractivity (Wildman–Crippen MR) is 46.2 cm³/mol. The van der Waals surface area contributed by atoms with E-state index in [-0.39, 0.29) is 18.1 Å². The van der Waals surface area contributed by atoms with Crippen LogP contribution in [0, 0.1) is 5.92 Å². The zero-order valence-electron chi connectivity index (χ0n) is 7.54. The van der Waals surface area contributed by atoms with Crippen molar-refractivity contribution in [3.8, 4) is 0 Å². The van der Waals surface area contributed by atoms with Gasteiger partial charge in [0.25, 0.3) is 0 Å². The molecule has 1 amide bonds. The van der Waals surface area contributed by atoms with Crippen LogP contribution in [0.2, 0.25) is 0 Å². The average Bonchev–Trinajstić information content (AvgIpc) is 2.02. The Kier molecular flexibility index (Phi) is 4.51. The predicted octanol–water partition coefficient (Wildman–Crippen LogP) is -0.196. The van der Waals surface area contributed by atoms with Crippen molar-refractivity contribution < 1.29 is 9.59 Å². The van der Waals surface area contributed by atoms with Crippen molar-refractivity contribution in [1.29, 1.82) is 0 Å². The second-order valence-electron chi connectivity index (χ2n) is 2.99. The van der Waals surface area contributed by atoms with Crippen LogP contribution in [0.4, 0.5) is 0 Å². The third-order valence-corrected chi connectivity index (χ3v) is 1.95. The summed E-state index contributed by atoms with van der Waals surface area (Å²) < 4.78 is 0. The summed E-state index contributed by atoms with van der Waals surface area (Å²) in [5.41, 5.74) is 10.2. The van der Waals surface area contributed by atoms with Crippen molar-refractivity contribution in [2.45, 2.75) is 32.7 Å². The number of rotatable bonds is 5. The lowest BCUT2D eigenvalue weighted by Crippen LogP contribution is -2.39. The molecule has 4 N–H and O–H groups in total. The molecule has 0 aromatic rings. The van der Waals surface area contributed by atoms with E-state index in [2.05, 4.69) is 0 Å². The highest BCUT2D eigenvalue weighted by Crippen LogP contribution is 2.06. The van der Waals surface area contributed by atoms with E-state index in [1.54, 1.807) is 0 Å². The molecule has 0 fully saturated rings. The summed E-state index contributed by atoms with van der Waals surface area (Å²) in [7, 11) is 0. The molecule has 0 spiro atoms. The number of hydrogen-bond donors (Lipinski definition) is 2. The summed E-state index contributed by atoms with van der Waals surface area (Å²) in [6, 6.07) is -0.827. The second kappa shape index (κ2) is 4.87. The van der Waals surface area contributed by atoms with Gasteiger partial charge < -0.3 is 11.5 Å². The third kappa shape index (κ3) is 3.48. The molecule has 0 aliphatic heterocycles. The first kappa shape index (κ1) is 11.1. The molecule has 0 bridgehead atoms. The summed E-state index contributed by atoms with van der Waals surface area (Å²) in [6.07, 6.45) is 0.828. The van der Waals surface area contributed by atoms with Crippen molar-refractivity contribution in [3.63, 3.8) is 0 Å². The van der Waals surface area contributed by atoms with Crippen LogP contribution in [0.3, 0.4) is 0 Å². The van der Waals surface area contributed by atoms with Gasteiger partial charge in [0.1, 0.15) is 5.78 Å². The van der Waals surface area contributed by atoms with E-state index in [1.165, 1.54) is 0 Å². The number of Topliss-reactive ketones (excluding diaryl/α,β-unsaturated/α-hetero) is 1. The highest BCUT2D eigenvalue weighted by molar-refractivity contribution is 5.89. The maximum absolute atomic E-state index is 11.2. The lowest BCUT2D eigenvalue weighted by molar-refractivity contribution is -0.126. The molecular weight excluding hydrogens is 156 g/mol. The van der Waals surface area contributed by atoms with Crippen LogP contribution in [0.15, 0.2) is 0 Å². The van der Waals surface area contributed by atoms with Crippen LogP contribution in [0.5, 0.6) is 0 Å². The SMILES string of the molecule is CCC(C)C(=O)CC(N)C(N)=O. The number of carbonyl (C=O) groups excluding carboxylic acids is 2. The summed E-state index contributed by atoms with van der Waals surface area (Å²) in [4.78, 5) is 21.7. The first-order chi connectivity index (χ1) is 5.49. The molecule has 0 saturated carbocycles. The zero-order valence-corrected chi connectivity index (χ0v) is 7.54. The van der Waals surface area contributed by atoms with Crippen molar-refractivity contribution in [1.82, 2.24) is 0 Å². The van der Waals surface area contributed by atoms with Gasteiger partial charge in [0.15, 0.2) is 0 Å². The maximum atomic E-state index is 11.2. The largest absolute Gasteiger partial charge is 0.368 e. The summed E-state index contributed by atoms with van der Waals surface area (Å²) in [6.45, 7) is 3.73. The number of amides is 1. The smallest absolute Gasteiger partial charge is 0.234 e. The van der Waals surface area contributed by atoms with Crippen LogP contribution >= 0.6 is 0 Å². The van der Waals surface area contributed by atoms with Gasteiger partial charge in [-0.2, -0.15) is 0 Å². The van der Waals surface area contributed by atoms with Gasteiger partial charge in [-0.25, -0.2) is 0 Å². The average molecular weight is 172 g/mol. The fourth-order valence-electron chi connectivity index (χ4n) is 0.746. The highest BCUT2D eigenvalue weighted by atomic mass is 16.1. The van der Waals surface area contributed by atoms with E-state index in [1.807, 2.05) is 13.8 Å². The van der Waals surface area contributed by atoms with Crippen LogP contribution in [-0.2, 0) is 9.59 Å². The quantitative estimate of drug-likeness (QED) is 0.602. The molecule has 0 saturated heterocycles. The minimum absolute atomic E-state index is 0.00352. The number of nitrogens with two attached hydrogens (primary N) is 2. The highest BCUT2D eigenvalue weighted by Gasteiger charge is 2.17. The summed E-state index contributed by atoms with van der Waals surface area (Å²) >= 11 is 0. The fourth-order valence-corrected chi connectivity index (χ4v) is 0.746. The third-order valence-electron chi connectivity index (χ3n) is 1.95. The van der Waals surface area contributed by atoms with E-state index < -0.39 is 11.9 Å². The monoisotopic (exact) mass is 172 g/mol. The Morgan fingerprint density at radius 2 is 1.92 bits per heavy atom. The van der Waals surface area contributed by atoms with Gasteiger partial charge in [-0.1, -0.05) is 13.8 Å². The van der Waals surface area contributed by atoms with E-state index >= 15 is 0 Å². The molecule has 4 heteroatoms. The zero-order chi connectivity index (χ0) is 9.72. The number of ketones is 1. The normalized spacial score (nSPS) is 15.2. The van der Waals surface area contributed by atoms with Crippen molar-refractivity contribution >= 4 is 11.7 Å². The molecule has 0 aromatic heterocycles. The minimum atomic E-state index is -0.827. The maximum Gasteiger partial charge on any atom is 0.234 e. The second-order valence-corrected chi connectivity index (χ2v) is 2.99. The van der Waals surface area contributed by atoms with Gasteiger partial charge in [0.05, 0.1) is 6.04 Å². The Morgan fingerprint density at radius 1 is 1.42 bits per heavy atom. The lowest BCUT2D eigenvalue weighted by Gasteiger charge is -2.10. The molecule has 0 aliphatic rings. The Hall–Kier alpha value is -0.900. The van der Waals surface area contributed by atoms with Gasteiger partial charge in [0, 0.05) is 12.3 Å². The van der Waals surface area contributed by atoms with Crippen molar-refractivity contribution in [2.75, 3.05) is 0 Å². The molecule has 0 aliphatic carbocycles. The van der Waals surface area contributed by atoms with Crippen LogP contribution in [-0.4, -0.2) is 17.7 Å². The van der Waals surface area contributed by atoms with Gasteiger partial charge >= 0.3 is 0 Å². The number of carbonyl (C=O) groups is 2. The molecular formula is C8H16N2O2. The molecule has 0 rings (SSSR count). The molecule has 0 aromatic carbocycles. The Labute approximate surface area is 72.3 Å². The standard InChI is InChI=1S/C8H16N2O2/c1-3-5(2)7(11)4-6(9)8(10)12/h5-6H,3-4,9H2,1-2H3,(H2,10,12). The molecule has 0 heterocycles. The topological polar surface area (TPSA) is 86.2 Å². The van der Waals surface area contributed by atoms with E-state index in [0.29, 0.717) is 0 Å². The van der Waals surface area contributed by atoms with Gasteiger partial charge in [0.2, 0.25) is 5.91 Å². The molecule has 2 atom stereocenters. The Morgan fingerprint density at radius 3 is 2.25 bits per heavy atom. The fraction of sp³-hybridized carbons (Fsp3) is 0.750. The van der Waals surface area contributed by atoms with Crippen LogP contribution < -0.4 is 11.5 Å². The van der Waals surface area contributed by atoms with Crippen molar-refractivity contribution in [3.05, 3.63) is 0 Å². The van der Waals surface area contributed by atoms with Gasteiger partial charge in [-0.3, -0.25) is 9.59 Å². The minimum Gasteiger partial charge on any atom is -0.368 e. The van der Waals surface area contributed by atoms with E-state index in [0.717, 1.165) is 6.42 Å². The van der Waals surface area contributed by atoms with Crippen LogP contribution in [0.1, 0.15) is 26.7 Å². The lowest BCUT2D eigenvalue weighted by atomic mass is 9.98. The van der Waals surface area contributed by atoms with E-state index in [4.69, 9.17) is 11.5 Å². The first-order valence-electron chi connectivity index (χ1n) is 4.06. The molecule has 0 radical (unpaired) electrons. The summed E-state index contributed by atoms with van der Waals surface area (Å²) in [5, 5.41) is 0. The van der Waals surface area contributed by atoms with Gasteiger partial charge in [-0.05, 0) is 6.42 Å².